The van der Waals surface area contributed by atoms with E-state index < -0.39 is 29.5 Å². The van der Waals surface area contributed by atoms with E-state index in [1.807, 2.05) is 12.1 Å². The van der Waals surface area contributed by atoms with Crippen LogP contribution < -0.4 is 10.1 Å². The Balaban J connectivity index is 1.77. The minimum Gasteiger partial charge on any atom is -0.497 e. The highest BCUT2D eigenvalue weighted by atomic mass is 19.1. The van der Waals surface area contributed by atoms with Gasteiger partial charge in [0.25, 0.3) is 0 Å². The SMILES string of the molecule is COc1cccc(-c2ccc(NC(=O)[C@@H]3CCC[C@H]3C(=O)O)c(F)c2)c1. The van der Waals surface area contributed by atoms with Crippen LogP contribution in [0.2, 0.25) is 0 Å². The van der Waals surface area contributed by atoms with Crippen LogP contribution in [-0.4, -0.2) is 24.1 Å². The smallest absolute Gasteiger partial charge is 0.307 e. The van der Waals surface area contributed by atoms with Crippen LogP contribution >= 0.6 is 0 Å². The van der Waals surface area contributed by atoms with Gasteiger partial charge in [-0.3, -0.25) is 9.59 Å². The van der Waals surface area contributed by atoms with Crippen molar-refractivity contribution in [3.63, 3.8) is 0 Å². The van der Waals surface area contributed by atoms with Crippen molar-refractivity contribution in [2.24, 2.45) is 11.8 Å². The molecule has 2 aromatic rings. The highest BCUT2D eigenvalue weighted by molar-refractivity contribution is 5.95. The molecule has 0 aliphatic heterocycles. The van der Waals surface area contributed by atoms with Gasteiger partial charge in [-0.2, -0.15) is 0 Å². The summed E-state index contributed by atoms with van der Waals surface area (Å²) in [5.74, 6) is -2.64. The number of aliphatic carboxylic acids is 1. The summed E-state index contributed by atoms with van der Waals surface area (Å²) in [5.41, 5.74) is 1.50. The Morgan fingerprint density at radius 1 is 1.12 bits per heavy atom. The minimum absolute atomic E-state index is 0.0534. The summed E-state index contributed by atoms with van der Waals surface area (Å²) in [5, 5.41) is 11.7. The van der Waals surface area contributed by atoms with Gasteiger partial charge < -0.3 is 15.2 Å². The molecular weight excluding hydrogens is 337 g/mol. The van der Waals surface area contributed by atoms with Gasteiger partial charge in [0.15, 0.2) is 0 Å². The Morgan fingerprint density at radius 3 is 2.54 bits per heavy atom. The molecule has 0 radical (unpaired) electrons. The van der Waals surface area contributed by atoms with E-state index in [0.29, 0.717) is 30.6 Å². The van der Waals surface area contributed by atoms with Crippen LogP contribution in [0, 0.1) is 17.7 Å². The quantitative estimate of drug-likeness (QED) is 0.850. The van der Waals surface area contributed by atoms with Gasteiger partial charge in [0, 0.05) is 0 Å². The van der Waals surface area contributed by atoms with Crippen molar-refractivity contribution in [2.75, 3.05) is 12.4 Å². The third-order valence-electron chi connectivity index (χ3n) is 4.80. The second-order valence-corrected chi connectivity index (χ2v) is 6.40. The van der Waals surface area contributed by atoms with E-state index in [4.69, 9.17) is 4.74 Å². The number of ether oxygens (including phenoxy) is 1. The molecule has 0 heterocycles. The summed E-state index contributed by atoms with van der Waals surface area (Å²) < 4.78 is 19.6. The fraction of sp³-hybridized carbons (Fsp3) is 0.300. The lowest BCUT2D eigenvalue weighted by Gasteiger charge is -2.16. The summed E-state index contributed by atoms with van der Waals surface area (Å²) in [6.45, 7) is 0. The van der Waals surface area contributed by atoms with Crippen LogP contribution in [0.15, 0.2) is 42.5 Å². The van der Waals surface area contributed by atoms with E-state index >= 15 is 0 Å². The number of methoxy groups -OCH3 is 1. The standard InChI is InChI=1S/C20H20FNO4/c1-26-14-5-2-4-12(10-14)13-8-9-18(17(21)11-13)22-19(23)15-6-3-7-16(15)20(24)25/h2,4-5,8-11,15-16H,3,6-7H2,1H3,(H,22,23)(H,24,25)/t15-,16-/m1/s1. The number of halogens is 1. The minimum atomic E-state index is -0.975. The maximum atomic E-state index is 14.5. The molecule has 2 N–H and O–H groups in total. The first-order chi connectivity index (χ1) is 12.5. The van der Waals surface area contributed by atoms with Crippen molar-refractivity contribution in [2.45, 2.75) is 19.3 Å². The number of carboxylic acids is 1. The third-order valence-corrected chi connectivity index (χ3v) is 4.80. The number of benzene rings is 2. The number of amides is 1. The largest absolute Gasteiger partial charge is 0.497 e. The van der Waals surface area contributed by atoms with Crippen molar-refractivity contribution in [1.29, 1.82) is 0 Å². The van der Waals surface area contributed by atoms with Crippen LogP contribution in [0.1, 0.15) is 19.3 Å². The Hall–Kier alpha value is -2.89. The Labute approximate surface area is 150 Å². The van der Waals surface area contributed by atoms with Gasteiger partial charge >= 0.3 is 5.97 Å². The zero-order valence-corrected chi connectivity index (χ0v) is 14.4. The monoisotopic (exact) mass is 357 g/mol. The molecule has 2 aromatic carbocycles. The summed E-state index contributed by atoms with van der Waals surface area (Å²) in [6, 6.07) is 11.8. The second-order valence-electron chi connectivity index (χ2n) is 6.40. The van der Waals surface area contributed by atoms with E-state index in [1.165, 1.54) is 12.1 Å². The van der Waals surface area contributed by atoms with E-state index in [2.05, 4.69) is 5.32 Å². The molecule has 1 saturated carbocycles. The van der Waals surface area contributed by atoms with Crippen molar-refractivity contribution >= 4 is 17.6 Å². The van der Waals surface area contributed by atoms with Crippen molar-refractivity contribution in [3.05, 3.63) is 48.3 Å². The predicted molar refractivity (Wildman–Crippen MR) is 95.5 cm³/mol. The maximum absolute atomic E-state index is 14.5. The number of hydrogen-bond donors (Lipinski definition) is 2. The molecule has 1 aliphatic carbocycles. The van der Waals surface area contributed by atoms with E-state index in [-0.39, 0.29) is 5.69 Å². The molecule has 3 rings (SSSR count). The average Bonchev–Trinajstić information content (AvgIpc) is 3.13. The molecule has 26 heavy (non-hydrogen) atoms. The number of carbonyl (C=O) groups is 2. The van der Waals surface area contributed by atoms with E-state index in [0.717, 1.165) is 5.56 Å². The normalized spacial score (nSPS) is 19.2. The number of rotatable bonds is 5. The van der Waals surface area contributed by atoms with Crippen LogP contribution in [0.5, 0.6) is 5.75 Å². The first-order valence-electron chi connectivity index (χ1n) is 8.47. The molecule has 2 atom stereocenters. The fourth-order valence-corrected chi connectivity index (χ4v) is 3.39. The molecule has 136 valence electrons. The Bertz CT molecular complexity index is 836. The van der Waals surface area contributed by atoms with Crippen LogP contribution in [0.4, 0.5) is 10.1 Å². The van der Waals surface area contributed by atoms with Gasteiger partial charge in [-0.15, -0.1) is 0 Å². The summed E-state index contributed by atoms with van der Waals surface area (Å²) in [7, 11) is 1.56. The van der Waals surface area contributed by atoms with Crippen LogP contribution in [0.3, 0.4) is 0 Å². The molecule has 0 bridgehead atoms. The van der Waals surface area contributed by atoms with Gasteiger partial charge in [-0.1, -0.05) is 24.6 Å². The highest BCUT2D eigenvalue weighted by Gasteiger charge is 2.37. The molecule has 1 fully saturated rings. The van der Waals surface area contributed by atoms with Crippen LogP contribution in [-0.2, 0) is 9.59 Å². The molecular formula is C20H20FNO4. The first kappa shape index (κ1) is 17.9. The number of carboxylic acid groups (broad SMARTS) is 1. The molecule has 6 heteroatoms. The number of anilines is 1. The maximum Gasteiger partial charge on any atom is 0.307 e. The van der Waals surface area contributed by atoms with Gasteiger partial charge in [0.1, 0.15) is 11.6 Å². The molecule has 1 aliphatic rings. The molecule has 5 nitrogen and oxygen atoms in total. The Morgan fingerprint density at radius 2 is 1.85 bits per heavy atom. The number of nitrogens with one attached hydrogen (secondary N) is 1. The van der Waals surface area contributed by atoms with Gasteiger partial charge in [-0.05, 0) is 48.2 Å². The number of hydrogen-bond acceptors (Lipinski definition) is 3. The Kier molecular flexibility index (Phi) is 5.21. The van der Waals surface area contributed by atoms with E-state index in [1.54, 1.807) is 25.3 Å². The third kappa shape index (κ3) is 3.69. The van der Waals surface area contributed by atoms with Gasteiger partial charge in [0.05, 0.1) is 24.6 Å². The molecule has 0 aromatic heterocycles. The first-order valence-corrected chi connectivity index (χ1v) is 8.47. The molecule has 1 amide bonds. The van der Waals surface area contributed by atoms with E-state index in [9.17, 15) is 19.1 Å². The summed E-state index contributed by atoms with van der Waals surface area (Å²) in [6.07, 6.45) is 1.67. The van der Waals surface area contributed by atoms with Crippen molar-refractivity contribution < 1.29 is 23.8 Å². The average molecular weight is 357 g/mol. The second kappa shape index (κ2) is 7.56. The van der Waals surface area contributed by atoms with Crippen molar-refractivity contribution in [3.8, 4) is 16.9 Å². The lowest BCUT2D eigenvalue weighted by atomic mass is 9.95. The van der Waals surface area contributed by atoms with Gasteiger partial charge in [0.2, 0.25) is 5.91 Å². The summed E-state index contributed by atoms with van der Waals surface area (Å²) in [4.78, 5) is 23.6. The lowest BCUT2D eigenvalue weighted by Crippen LogP contribution is -2.30. The van der Waals surface area contributed by atoms with Crippen LogP contribution in [0.25, 0.3) is 11.1 Å². The zero-order chi connectivity index (χ0) is 18.7. The lowest BCUT2D eigenvalue weighted by molar-refractivity contribution is -0.145. The zero-order valence-electron chi connectivity index (χ0n) is 14.4. The van der Waals surface area contributed by atoms with Crippen molar-refractivity contribution in [1.82, 2.24) is 0 Å². The number of carbonyl (C=O) groups excluding carboxylic acids is 1. The highest BCUT2D eigenvalue weighted by Crippen LogP contribution is 2.33. The molecule has 0 saturated heterocycles. The molecule has 0 spiro atoms. The topological polar surface area (TPSA) is 75.6 Å². The molecule has 0 unspecified atom stereocenters. The fourth-order valence-electron chi connectivity index (χ4n) is 3.39. The predicted octanol–water partition coefficient (Wildman–Crippen LogP) is 3.94. The summed E-state index contributed by atoms with van der Waals surface area (Å²) >= 11 is 0. The van der Waals surface area contributed by atoms with Gasteiger partial charge in [-0.25, -0.2) is 4.39 Å².